The van der Waals surface area contributed by atoms with E-state index < -0.39 is 5.97 Å². The first-order valence-corrected chi connectivity index (χ1v) is 6.79. The number of esters is 1. The van der Waals surface area contributed by atoms with Crippen molar-refractivity contribution >= 4 is 39.7 Å². The monoisotopic (exact) mass is 296 g/mol. The van der Waals surface area contributed by atoms with Crippen molar-refractivity contribution in [3.05, 3.63) is 39.4 Å². The van der Waals surface area contributed by atoms with Crippen LogP contribution in [0.25, 0.3) is 0 Å². The van der Waals surface area contributed by atoms with Gasteiger partial charge in [0.05, 0.1) is 7.11 Å². The first kappa shape index (κ1) is 13.8. The Balaban J connectivity index is 2.29. The number of thiazole rings is 1. The molecule has 1 heterocycles. The molecule has 6 heteroatoms. The molecule has 0 unspecified atom stereocenters. The smallest absolute Gasteiger partial charge is 0.351 e. The molecule has 1 aromatic carbocycles. The van der Waals surface area contributed by atoms with E-state index in [2.05, 4.69) is 15.0 Å². The summed E-state index contributed by atoms with van der Waals surface area (Å²) in [6.45, 7) is 4.01. The molecule has 0 aliphatic carbocycles. The number of hydrogen-bond acceptors (Lipinski definition) is 5. The Morgan fingerprint density at radius 2 is 2.16 bits per heavy atom. The van der Waals surface area contributed by atoms with E-state index in [-0.39, 0.29) is 5.15 Å². The number of aromatic nitrogens is 1. The minimum Gasteiger partial charge on any atom is -0.465 e. The third kappa shape index (κ3) is 3.05. The highest BCUT2D eigenvalue weighted by atomic mass is 35.5. The molecule has 0 saturated carbocycles. The van der Waals surface area contributed by atoms with Gasteiger partial charge in [0.15, 0.2) is 15.2 Å². The van der Waals surface area contributed by atoms with Gasteiger partial charge in [0, 0.05) is 5.69 Å². The number of hydrogen-bond donors (Lipinski definition) is 1. The van der Waals surface area contributed by atoms with Crippen molar-refractivity contribution in [1.29, 1.82) is 0 Å². The van der Waals surface area contributed by atoms with Gasteiger partial charge in [0.25, 0.3) is 0 Å². The average molecular weight is 297 g/mol. The largest absolute Gasteiger partial charge is 0.465 e. The average Bonchev–Trinajstić information content (AvgIpc) is 2.74. The summed E-state index contributed by atoms with van der Waals surface area (Å²) in [5, 5.41) is 3.89. The van der Waals surface area contributed by atoms with Gasteiger partial charge < -0.3 is 10.1 Å². The zero-order chi connectivity index (χ0) is 14.0. The predicted octanol–water partition coefficient (Wildman–Crippen LogP) is 3.94. The van der Waals surface area contributed by atoms with Crippen LogP contribution in [0.4, 0.5) is 10.8 Å². The second kappa shape index (κ2) is 5.59. The van der Waals surface area contributed by atoms with Gasteiger partial charge >= 0.3 is 5.97 Å². The molecule has 0 atom stereocenters. The second-order valence-electron chi connectivity index (χ2n) is 4.07. The number of methoxy groups -OCH3 is 1. The molecule has 0 radical (unpaired) electrons. The SMILES string of the molecule is COC(=O)c1sc(Nc2cc(C)ccc2C)nc1Cl. The fourth-order valence-electron chi connectivity index (χ4n) is 1.56. The van der Waals surface area contributed by atoms with Crippen molar-refractivity contribution in [3.63, 3.8) is 0 Å². The summed E-state index contributed by atoms with van der Waals surface area (Å²) >= 11 is 7.09. The van der Waals surface area contributed by atoms with E-state index in [1.165, 1.54) is 18.4 Å². The van der Waals surface area contributed by atoms with Crippen molar-refractivity contribution in [3.8, 4) is 0 Å². The van der Waals surface area contributed by atoms with E-state index in [0.717, 1.165) is 16.8 Å². The third-order valence-electron chi connectivity index (χ3n) is 2.59. The van der Waals surface area contributed by atoms with Gasteiger partial charge in [0.2, 0.25) is 0 Å². The van der Waals surface area contributed by atoms with E-state index >= 15 is 0 Å². The summed E-state index contributed by atoms with van der Waals surface area (Å²) < 4.78 is 4.64. The normalized spacial score (nSPS) is 10.3. The molecule has 0 bridgehead atoms. The fraction of sp³-hybridized carbons (Fsp3) is 0.231. The van der Waals surface area contributed by atoms with Gasteiger partial charge in [-0.3, -0.25) is 0 Å². The summed E-state index contributed by atoms with van der Waals surface area (Å²) in [6.07, 6.45) is 0. The number of halogens is 1. The Morgan fingerprint density at radius 3 is 2.84 bits per heavy atom. The molecule has 0 aliphatic rings. The number of carbonyl (C=O) groups excluding carboxylic acids is 1. The maximum Gasteiger partial charge on any atom is 0.351 e. The predicted molar refractivity (Wildman–Crippen MR) is 77.7 cm³/mol. The van der Waals surface area contributed by atoms with Crippen LogP contribution in [0.3, 0.4) is 0 Å². The van der Waals surface area contributed by atoms with Gasteiger partial charge in [-0.15, -0.1) is 0 Å². The lowest BCUT2D eigenvalue weighted by Gasteiger charge is -2.07. The second-order valence-corrected chi connectivity index (χ2v) is 5.43. The summed E-state index contributed by atoms with van der Waals surface area (Å²) in [6, 6.07) is 6.08. The number of nitrogens with zero attached hydrogens (tertiary/aromatic N) is 1. The Kier molecular flexibility index (Phi) is 4.07. The minimum atomic E-state index is -0.475. The molecule has 4 nitrogen and oxygen atoms in total. The van der Waals surface area contributed by atoms with Crippen LogP contribution in [0, 0.1) is 13.8 Å². The molecule has 100 valence electrons. The quantitative estimate of drug-likeness (QED) is 0.872. The van der Waals surface area contributed by atoms with Crippen LogP contribution >= 0.6 is 22.9 Å². The summed E-state index contributed by atoms with van der Waals surface area (Å²) in [4.78, 5) is 15.9. The minimum absolute atomic E-state index is 0.157. The van der Waals surface area contributed by atoms with E-state index in [1.807, 2.05) is 32.0 Å². The zero-order valence-electron chi connectivity index (χ0n) is 10.8. The van der Waals surface area contributed by atoms with Crippen molar-refractivity contribution < 1.29 is 9.53 Å². The highest BCUT2D eigenvalue weighted by molar-refractivity contribution is 7.18. The molecular weight excluding hydrogens is 284 g/mol. The molecular formula is C13H13ClN2O2S. The van der Waals surface area contributed by atoms with Gasteiger partial charge in [-0.2, -0.15) is 0 Å². The number of carbonyl (C=O) groups is 1. The summed E-state index contributed by atoms with van der Waals surface area (Å²) in [5.74, 6) is -0.475. The Hall–Kier alpha value is -1.59. The van der Waals surface area contributed by atoms with Crippen LogP contribution < -0.4 is 5.32 Å². The fourth-order valence-corrected chi connectivity index (χ4v) is 2.67. The highest BCUT2D eigenvalue weighted by Gasteiger charge is 2.17. The van der Waals surface area contributed by atoms with Gasteiger partial charge in [-0.05, 0) is 31.0 Å². The maximum atomic E-state index is 11.5. The standard InChI is InChI=1S/C13H13ClN2O2S/c1-7-4-5-8(2)9(6-7)15-13-16-11(14)10(19-13)12(17)18-3/h4-6H,1-3H3,(H,15,16). The van der Waals surface area contributed by atoms with Crippen LogP contribution in [-0.2, 0) is 4.74 Å². The van der Waals surface area contributed by atoms with Crippen LogP contribution in [0.5, 0.6) is 0 Å². The van der Waals surface area contributed by atoms with E-state index in [4.69, 9.17) is 11.6 Å². The number of aryl methyl sites for hydroxylation is 2. The molecule has 0 spiro atoms. The number of benzene rings is 1. The maximum absolute atomic E-state index is 11.5. The van der Waals surface area contributed by atoms with Crippen molar-refractivity contribution in [2.75, 3.05) is 12.4 Å². The van der Waals surface area contributed by atoms with E-state index in [0.29, 0.717) is 10.0 Å². The topological polar surface area (TPSA) is 51.2 Å². The van der Waals surface area contributed by atoms with Crippen LogP contribution in [0.1, 0.15) is 20.8 Å². The highest BCUT2D eigenvalue weighted by Crippen LogP contribution is 2.30. The third-order valence-corrected chi connectivity index (χ3v) is 3.93. The molecule has 19 heavy (non-hydrogen) atoms. The van der Waals surface area contributed by atoms with Gasteiger partial charge in [-0.1, -0.05) is 35.1 Å². The van der Waals surface area contributed by atoms with Gasteiger partial charge in [0.1, 0.15) is 0 Å². The Morgan fingerprint density at radius 1 is 1.42 bits per heavy atom. The first-order valence-electron chi connectivity index (χ1n) is 5.60. The van der Waals surface area contributed by atoms with Crippen molar-refractivity contribution in [1.82, 2.24) is 4.98 Å². The van der Waals surface area contributed by atoms with Crippen LogP contribution in [0.2, 0.25) is 5.15 Å². The molecule has 2 aromatic rings. The molecule has 2 rings (SSSR count). The lowest BCUT2D eigenvalue weighted by Crippen LogP contribution is -1.98. The molecule has 0 aliphatic heterocycles. The molecule has 1 aromatic heterocycles. The summed E-state index contributed by atoms with van der Waals surface area (Å²) in [5.41, 5.74) is 3.18. The molecule has 0 fully saturated rings. The van der Waals surface area contributed by atoms with Crippen LogP contribution in [0.15, 0.2) is 18.2 Å². The zero-order valence-corrected chi connectivity index (χ0v) is 12.4. The lowest BCUT2D eigenvalue weighted by atomic mass is 10.1. The number of nitrogens with one attached hydrogen (secondary N) is 1. The van der Waals surface area contributed by atoms with Crippen molar-refractivity contribution in [2.45, 2.75) is 13.8 Å². The Labute approximate surface area is 120 Å². The first-order chi connectivity index (χ1) is 9.01. The van der Waals surface area contributed by atoms with E-state index in [9.17, 15) is 4.79 Å². The number of ether oxygens (including phenoxy) is 1. The van der Waals surface area contributed by atoms with Gasteiger partial charge in [-0.25, -0.2) is 9.78 Å². The summed E-state index contributed by atoms with van der Waals surface area (Å²) in [7, 11) is 1.32. The number of anilines is 2. The molecule has 1 N–H and O–H groups in total. The number of rotatable bonds is 3. The Bertz CT molecular complexity index is 625. The van der Waals surface area contributed by atoms with E-state index in [1.54, 1.807) is 0 Å². The lowest BCUT2D eigenvalue weighted by molar-refractivity contribution is 0.0606. The van der Waals surface area contributed by atoms with Crippen LogP contribution in [-0.4, -0.2) is 18.1 Å². The molecule has 0 amide bonds. The molecule has 0 saturated heterocycles. The van der Waals surface area contributed by atoms with Crippen molar-refractivity contribution in [2.24, 2.45) is 0 Å².